The highest BCUT2D eigenvalue weighted by molar-refractivity contribution is 5.52. The Morgan fingerprint density at radius 2 is 1.76 bits per heavy atom. The molecule has 3 rings (SSSR count). The van der Waals surface area contributed by atoms with Crippen LogP contribution >= 0.6 is 0 Å². The van der Waals surface area contributed by atoms with Gasteiger partial charge in [-0.2, -0.15) is 0 Å². The normalized spacial score (nSPS) is 12.8. The van der Waals surface area contributed by atoms with Crippen LogP contribution in [0, 0.1) is 5.41 Å². The van der Waals surface area contributed by atoms with Crippen molar-refractivity contribution < 1.29 is 9.47 Å². The average Bonchev–Trinajstić information content (AvgIpc) is 3.31. The van der Waals surface area contributed by atoms with Crippen LogP contribution in [0.15, 0.2) is 85.1 Å². The molecule has 3 aromatic rings. The van der Waals surface area contributed by atoms with Gasteiger partial charge in [-0.25, -0.2) is 4.68 Å². The molecule has 0 aliphatic heterocycles. The Bertz CT molecular complexity index is 1090. The maximum absolute atomic E-state index is 5.89. The maximum atomic E-state index is 5.89. The predicted molar refractivity (Wildman–Crippen MR) is 135 cm³/mol. The summed E-state index contributed by atoms with van der Waals surface area (Å²) >= 11 is 0. The zero-order chi connectivity index (χ0) is 23.7. The number of aromatic nitrogens is 3. The summed E-state index contributed by atoms with van der Waals surface area (Å²) in [5.74, 6) is 1.60. The number of rotatable bonds is 11. The molecule has 0 bridgehead atoms. The van der Waals surface area contributed by atoms with Gasteiger partial charge in [0, 0.05) is 5.41 Å². The number of ether oxygens (including phenoxy) is 2. The van der Waals surface area contributed by atoms with Crippen LogP contribution in [0.1, 0.15) is 44.9 Å². The van der Waals surface area contributed by atoms with Crippen LogP contribution in [0.4, 0.5) is 0 Å². The summed E-state index contributed by atoms with van der Waals surface area (Å²) in [5.41, 5.74) is 4.12. The standard InChI is InChI=1S/C28H33N3O2/c1-6-28(4,18-7-8-22(2)3)19-17-23-9-13-27(14-10-23)33-21-24-20-31(30-29-24)25-11-15-26(32-5)16-12-25/h6,8-17,19-20H,1,7,18,21H2,2-5H3/b19-17+/t28-/m1/s1. The van der Waals surface area contributed by atoms with Crippen molar-refractivity contribution in [2.45, 2.75) is 40.2 Å². The molecule has 2 aromatic carbocycles. The lowest BCUT2D eigenvalue weighted by atomic mass is 9.84. The fourth-order valence-electron chi connectivity index (χ4n) is 3.27. The Morgan fingerprint density at radius 1 is 1.06 bits per heavy atom. The summed E-state index contributed by atoms with van der Waals surface area (Å²) in [7, 11) is 1.65. The summed E-state index contributed by atoms with van der Waals surface area (Å²) in [6, 6.07) is 15.7. The van der Waals surface area contributed by atoms with Gasteiger partial charge in [0.15, 0.2) is 0 Å². The number of hydrogen-bond acceptors (Lipinski definition) is 4. The van der Waals surface area contributed by atoms with E-state index in [0.29, 0.717) is 6.61 Å². The first kappa shape index (κ1) is 24.1. The molecule has 1 heterocycles. The Labute approximate surface area is 197 Å². The highest BCUT2D eigenvalue weighted by Crippen LogP contribution is 2.28. The average molecular weight is 444 g/mol. The molecule has 1 atom stereocenters. The minimum absolute atomic E-state index is 0.0309. The smallest absolute Gasteiger partial charge is 0.134 e. The van der Waals surface area contributed by atoms with Gasteiger partial charge in [0.05, 0.1) is 19.0 Å². The predicted octanol–water partition coefficient (Wildman–Crippen LogP) is 6.81. The van der Waals surface area contributed by atoms with Crippen LogP contribution in [0.5, 0.6) is 11.5 Å². The first-order valence-electron chi connectivity index (χ1n) is 11.2. The minimum atomic E-state index is -0.0309. The maximum Gasteiger partial charge on any atom is 0.134 e. The monoisotopic (exact) mass is 443 g/mol. The van der Waals surface area contributed by atoms with E-state index in [2.05, 4.69) is 68.0 Å². The molecule has 33 heavy (non-hydrogen) atoms. The molecule has 0 radical (unpaired) electrons. The lowest BCUT2D eigenvalue weighted by Gasteiger charge is -2.20. The van der Waals surface area contributed by atoms with E-state index in [1.165, 1.54) is 5.57 Å². The van der Waals surface area contributed by atoms with Crippen molar-refractivity contribution in [3.63, 3.8) is 0 Å². The summed E-state index contributed by atoms with van der Waals surface area (Å²) < 4.78 is 12.8. The second kappa shape index (κ2) is 11.3. The molecule has 0 spiro atoms. The van der Waals surface area contributed by atoms with Gasteiger partial charge < -0.3 is 9.47 Å². The molecule has 0 aliphatic carbocycles. The molecule has 0 saturated heterocycles. The highest BCUT2D eigenvalue weighted by Gasteiger charge is 2.15. The number of benzene rings is 2. The van der Waals surface area contributed by atoms with Gasteiger partial charge in [-0.3, -0.25) is 0 Å². The highest BCUT2D eigenvalue weighted by atomic mass is 16.5. The third-order valence-corrected chi connectivity index (χ3v) is 5.50. The quantitative estimate of drug-likeness (QED) is 0.306. The molecule has 0 aliphatic rings. The van der Waals surface area contributed by atoms with Crippen molar-refractivity contribution in [1.82, 2.24) is 15.0 Å². The van der Waals surface area contributed by atoms with Crippen molar-refractivity contribution in [3.8, 4) is 17.2 Å². The van der Waals surface area contributed by atoms with Gasteiger partial charge in [0.2, 0.25) is 0 Å². The second-order valence-electron chi connectivity index (χ2n) is 8.57. The van der Waals surface area contributed by atoms with Crippen molar-refractivity contribution >= 4 is 6.08 Å². The fraction of sp³-hybridized carbons (Fsp3) is 0.286. The van der Waals surface area contributed by atoms with Crippen molar-refractivity contribution in [2.75, 3.05) is 7.11 Å². The summed E-state index contributed by atoms with van der Waals surface area (Å²) in [4.78, 5) is 0. The summed E-state index contributed by atoms with van der Waals surface area (Å²) in [6.45, 7) is 10.9. The minimum Gasteiger partial charge on any atom is -0.497 e. The first-order valence-corrected chi connectivity index (χ1v) is 11.2. The SMILES string of the molecule is C=C[C@@](C)(/C=C/c1ccc(OCc2cn(-c3ccc(OC)cc3)nn2)cc1)CCC=C(C)C. The van der Waals surface area contributed by atoms with E-state index in [-0.39, 0.29) is 5.41 Å². The van der Waals surface area contributed by atoms with Gasteiger partial charge in [0.25, 0.3) is 0 Å². The van der Waals surface area contributed by atoms with E-state index in [0.717, 1.165) is 41.3 Å². The summed E-state index contributed by atoms with van der Waals surface area (Å²) in [6.07, 6.45) is 12.6. The molecular weight excluding hydrogens is 410 g/mol. The molecule has 5 heteroatoms. The van der Waals surface area contributed by atoms with E-state index in [4.69, 9.17) is 9.47 Å². The van der Waals surface area contributed by atoms with Crippen molar-refractivity contribution in [1.29, 1.82) is 0 Å². The second-order valence-corrected chi connectivity index (χ2v) is 8.57. The molecule has 172 valence electrons. The van der Waals surface area contributed by atoms with Gasteiger partial charge >= 0.3 is 0 Å². The Balaban J connectivity index is 1.55. The van der Waals surface area contributed by atoms with Crippen LogP contribution in [-0.2, 0) is 6.61 Å². The van der Waals surface area contributed by atoms with E-state index in [9.17, 15) is 0 Å². The third kappa shape index (κ3) is 7.21. The van der Waals surface area contributed by atoms with Crippen LogP contribution in [-0.4, -0.2) is 22.1 Å². The molecule has 1 aromatic heterocycles. The van der Waals surface area contributed by atoms with E-state index >= 15 is 0 Å². The van der Waals surface area contributed by atoms with Gasteiger partial charge in [0.1, 0.15) is 23.8 Å². The fourth-order valence-corrected chi connectivity index (χ4v) is 3.27. The van der Waals surface area contributed by atoms with E-state index in [1.54, 1.807) is 11.8 Å². The van der Waals surface area contributed by atoms with Crippen molar-refractivity contribution in [3.05, 3.63) is 96.4 Å². The number of methoxy groups -OCH3 is 1. The largest absolute Gasteiger partial charge is 0.497 e. The molecule has 0 saturated carbocycles. The summed E-state index contributed by atoms with van der Waals surface area (Å²) in [5, 5.41) is 8.38. The molecule has 0 amide bonds. The van der Waals surface area contributed by atoms with Crippen LogP contribution < -0.4 is 9.47 Å². The topological polar surface area (TPSA) is 49.2 Å². The number of allylic oxidation sites excluding steroid dienone is 4. The molecule has 0 fully saturated rings. The molecule has 5 nitrogen and oxygen atoms in total. The first-order chi connectivity index (χ1) is 15.9. The van der Waals surface area contributed by atoms with Crippen LogP contribution in [0.3, 0.4) is 0 Å². The Kier molecular flexibility index (Phi) is 8.25. The van der Waals surface area contributed by atoms with Crippen molar-refractivity contribution in [2.24, 2.45) is 5.41 Å². The molecule has 0 unspecified atom stereocenters. The lowest BCUT2D eigenvalue weighted by Crippen LogP contribution is -2.08. The molecule has 0 N–H and O–H groups in total. The van der Waals surface area contributed by atoms with E-state index < -0.39 is 0 Å². The number of hydrogen-bond donors (Lipinski definition) is 0. The van der Waals surface area contributed by atoms with Gasteiger partial charge in [-0.1, -0.05) is 54.1 Å². The van der Waals surface area contributed by atoms with E-state index in [1.807, 2.05) is 48.7 Å². The number of nitrogens with zero attached hydrogens (tertiary/aromatic N) is 3. The molecular formula is C28H33N3O2. The van der Waals surface area contributed by atoms with Crippen LogP contribution in [0.25, 0.3) is 11.8 Å². The Morgan fingerprint density at radius 3 is 2.39 bits per heavy atom. The zero-order valence-corrected chi connectivity index (χ0v) is 20.0. The zero-order valence-electron chi connectivity index (χ0n) is 20.0. The van der Waals surface area contributed by atoms with Crippen LogP contribution in [0.2, 0.25) is 0 Å². The Hall–Kier alpha value is -3.60. The van der Waals surface area contributed by atoms with Gasteiger partial charge in [-0.15, -0.1) is 11.7 Å². The third-order valence-electron chi connectivity index (χ3n) is 5.50. The lowest BCUT2D eigenvalue weighted by molar-refractivity contribution is 0.301. The van der Waals surface area contributed by atoms with Gasteiger partial charge in [-0.05, 0) is 68.7 Å².